The minimum absolute atomic E-state index is 0. The molecule has 3 nitrogen and oxygen atoms in total. The molecule has 3 aromatic heterocycles. The SMILES string of the molecule is CC(C)(C)Cc1cc(-c2[c-]cccc2)nc[c]1[Ge]([CH3])([CH3])[CH3].[Ir].[c-]1ccc2c(oc3ccccc32)c1-c1cc(CC2CCCC2)ccn1. The first kappa shape index (κ1) is 35.3. The third-order valence-corrected chi connectivity index (χ3v) is 13.3. The molecule has 1 fully saturated rings. The van der Waals surface area contributed by atoms with Crippen LogP contribution >= 0.6 is 0 Å². The summed E-state index contributed by atoms with van der Waals surface area (Å²) < 4.78 is 7.67. The van der Waals surface area contributed by atoms with Gasteiger partial charge in [-0.1, -0.05) is 66.5 Å². The van der Waals surface area contributed by atoms with E-state index in [1.807, 2.05) is 48.7 Å². The predicted molar refractivity (Wildman–Crippen MR) is 196 cm³/mol. The molecule has 5 heteroatoms. The van der Waals surface area contributed by atoms with E-state index in [-0.39, 0.29) is 20.1 Å². The third-order valence-electron chi connectivity index (χ3n) is 8.92. The summed E-state index contributed by atoms with van der Waals surface area (Å²) in [5, 5.41) is 2.28. The molecule has 0 amide bonds. The van der Waals surface area contributed by atoms with Crippen molar-refractivity contribution in [2.75, 3.05) is 0 Å². The maximum Gasteiger partial charge on any atom is 0.120 e. The van der Waals surface area contributed by atoms with E-state index in [1.54, 1.807) is 0 Å². The smallest absolute Gasteiger partial charge is 0.120 e. The Labute approximate surface area is 297 Å². The molecule has 0 saturated heterocycles. The van der Waals surface area contributed by atoms with Crippen LogP contribution in [0.5, 0.6) is 0 Å². The fourth-order valence-corrected chi connectivity index (χ4v) is 10.1. The molecular weight excluding hydrogens is 813 g/mol. The van der Waals surface area contributed by atoms with E-state index in [2.05, 4.69) is 97.8 Å². The Balaban J connectivity index is 0.000000184. The predicted octanol–water partition coefficient (Wildman–Crippen LogP) is 10.9. The number of benzene rings is 3. The Morgan fingerprint density at radius 3 is 2.32 bits per heavy atom. The van der Waals surface area contributed by atoms with E-state index in [0.717, 1.165) is 63.2 Å². The summed E-state index contributed by atoms with van der Waals surface area (Å²) in [6.45, 7) is 6.92. The molecule has 245 valence electrons. The fraction of sp³-hybridized carbons (Fsp3) is 0.333. The zero-order valence-corrected chi connectivity index (χ0v) is 33.1. The number of rotatable bonds is 6. The van der Waals surface area contributed by atoms with Crippen molar-refractivity contribution in [3.05, 3.63) is 115 Å². The molecule has 0 N–H and O–H groups in total. The molecule has 0 aliphatic heterocycles. The standard InChI is InChI=1S/C23H20NO.C19H26GeN.Ir/c1-2-7-16(6-1)14-17-12-13-24-21(15-17)20-10-5-9-19-18-8-3-4-11-22(18)25-23(19)20;1-19(2,3)13-16-12-18(15-10-8-7-9-11-15)21-14-17(16)20(4,5)6;/h3-5,8-9,11-13,15-16H,1-2,6-7,14H2;7-10,12,14H,13H2,1-6H3;/q2*-1;. The maximum absolute atomic E-state index is 6.14. The van der Waals surface area contributed by atoms with Gasteiger partial charge in [-0.25, -0.2) is 0 Å². The molecule has 7 rings (SSSR count). The number of nitrogens with zero attached hydrogens (tertiary/aromatic N) is 2. The van der Waals surface area contributed by atoms with Crippen LogP contribution in [0.15, 0.2) is 95.7 Å². The molecule has 6 aromatic rings. The van der Waals surface area contributed by atoms with Crippen LogP contribution in [0, 0.1) is 23.5 Å². The summed E-state index contributed by atoms with van der Waals surface area (Å²) in [6.07, 6.45) is 11.8. The van der Waals surface area contributed by atoms with Gasteiger partial charge in [0.25, 0.3) is 0 Å². The molecule has 0 spiro atoms. The molecule has 1 aliphatic rings. The van der Waals surface area contributed by atoms with Crippen molar-refractivity contribution in [2.24, 2.45) is 11.3 Å². The zero-order valence-electron chi connectivity index (χ0n) is 28.6. The molecule has 47 heavy (non-hydrogen) atoms. The van der Waals surface area contributed by atoms with Crippen molar-refractivity contribution in [3.8, 4) is 22.5 Å². The van der Waals surface area contributed by atoms with E-state index in [4.69, 9.17) is 9.40 Å². The maximum atomic E-state index is 6.14. The second-order valence-electron chi connectivity index (χ2n) is 15.1. The number of hydrogen-bond acceptors (Lipinski definition) is 3. The van der Waals surface area contributed by atoms with Gasteiger partial charge in [-0.15, -0.1) is 18.2 Å². The van der Waals surface area contributed by atoms with Gasteiger partial charge in [-0.05, 0) is 30.2 Å². The van der Waals surface area contributed by atoms with E-state index in [1.165, 1.54) is 41.2 Å². The van der Waals surface area contributed by atoms with E-state index in [9.17, 15) is 0 Å². The van der Waals surface area contributed by atoms with Gasteiger partial charge < -0.3 is 9.40 Å². The van der Waals surface area contributed by atoms with Crippen molar-refractivity contribution in [1.82, 2.24) is 9.97 Å². The Kier molecular flexibility index (Phi) is 11.3. The van der Waals surface area contributed by atoms with Crippen molar-refractivity contribution < 1.29 is 24.5 Å². The number of fused-ring (bicyclic) bond motifs is 3. The van der Waals surface area contributed by atoms with Crippen LogP contribution in [-0.2, 0) is 32.9 Å². The first-order chi connectivity index (χ1) is 22.0. The van der Waals surface area contributed by atoms with E-state index >= 15 is 0 Å². The molecular formula is C42H46GeIrN2O-2. The van der Waals surface area contributed by atoms with Crippen LogP contribution in [0.2, 0.25) is 17.3 Å². The van der Waals surface area contributed by atoms with Crippen LogP contribution in [0.3, 0.4) is 0 Å². The number of pyridine rings is 2. The third kappa shape index (κ3) is 8.71. The van der Waals surface area contributed by atoms with Crippen molar-refractivity contribution in [3.63, 3.8) is 0 Å². The minimum Gasteiger partial charge on any atom is -0.501 e. The van der Waals surface area contributed by atoms with Gasteiger partial charge in [-0.2, -0.15) is 0 Å². The normalized spacial score (nSPS) is 13.7. The van der Waals surface area contributed by atoms with Gasteiger partial charge in [0.2, 0.25) is 0 Å². The number of para-hydroxylation sites is 1. The minimum atomic E-state index is -1.90. The van der Waals surface area contributed by atoms with Crippen LogP contribution in [0.4, 0.5) is 0 Å². The van der Waals surface area contributed by atoms with E-state index in [0.29, 0.717) is 5.41 Å². The van der Waals surface area contributed by atoms with Crippen molar-refractivity contribution >= 4 is 39.6 Å². The average molecular weight is 860 g/mol. The Bertz CT molecular complexity index is 1930. The summed E-state index contributed by atoms with van der Waals surface area (Å²) in [5.74, 6) is 8.16. The zero-order chi connectivity index (χ0) is 32.3. The first-order valence-electron chi connectivity index (χ1n) is 16.8. The van der Waals surface area contributed by atoms with Gasteiger partial charge in [0.1, 0.15) is 5.58 Å². The average Bonchev–Trinajstić information content (AvgIpc) is 3.68. The van der Waals surface area contributed by atoms with Gasteiger partial charge >= 0.3 is 132 Å². The van der Waals surface area contributed by atoms with Gasteiger partial charge in [0.05, 0.1) is 5.58 Å². The largest absolute Gasteiger partial charge is 0.501 e. The molecule has 3 aromatic carbocycles. The van der Waals surface area contributed by atoms with Gasteiger partial charge in [-0.3, -0.25) is 0 Å². The molecule has 1 aliphatic carbocycles. The van der Waals surface area contributed by atoms with Crippen molar-refractivity contribution in [1.29, 1.82) is 0 Å². The van der Waals surface area contributed by atoms with E-state index < -0.39 is 13.3 Å². The monoisotopic (exact) mass is 861 g/mol. The number of hydrogen-bond donors (Lipinski definition) is 0. The molecule has 0 bridgehead atoms. The van der Waals surface area contributed by atoms with Crippen LogP contribution in [0.1, 0.15) is 57.6 Å². The molecule has 0 unspecified atom stereocenters. The second kappa shape index (κ2) is 15.0. The summed E-state index contributed by atoms with van der Waals surface area (Å²) in [6, 6.07) is 33.6. The number of furan rings is 1. The van der Waals surface area contributed by atoms with Gasteiger partial charge in [0.15, 0.2) is 0 Å². The van der Waals surface area contributed by atoms with Crippen LogP contribution in [0.25, 0.3) is 44.5 Å². The summed E-state index contributed by atoms with van der Waals surface area (Å²) in [5.41, 5.74) is 9.00. The summed E-state index contributed by atoms with van der Waals surface area (Å²) >= 11 is -1.90. The first-order valence-corrected chi connectivity index (χ1v) is 24.1. The Hall–Kier alpha value is -3.05. The number of aromatic nitrogens is 2. The fourth-order valence-electron chi connectivity index (χ4n) is 6.76. The molecule has 0 atom stereocenters. The quantitative estimate of drug-likeness (QED) is 0.124. The Morgan fingerprint density at radius 1 is 0.830 bits per heavy atom. The summed E-state index contributed by atoms with van der Waals surface area (Å²) in [7, 11) is 0. The van der Waals surface area contributed by atoms with Gasteiger partial charge in [0, 0.05) is 31.7 Å². The molecule has 1 radical (unpaired) electrons. The Morgan fingerprint density at radius 2 is 1.60 bits per heavy atom. The van der Waals surface area contributed by atoms with Crippen LogP contribution < -0.4 is 4.40 Å². The second-order valence-corrected chi connectivity index (χ2v) is 25.7. The topological polar surface area (TPSA) is 38.9 Å². The molecule has 3 heterocycles. The summed E-state index contributed by atoms with van der Waals surface area (Å²) in [4.78, 5) is 9.33. The molecule has 1 saturated carbocycles. The van der Waals surface area contributed by atoms with Crippen LogP contribution in [-0.4, -0.2) is 23.2 Å². The van der Waals surface area contributed by atoms with Crippen molar-refractivity contribution in [2.45, 2.75) is 76.6 Å².